The van der Waals surface area contributed by atoms with Gasteiger partial charge in [-0.3, -0.25) is 4.79 Å². The number of ether oxygens (including phenoxy) is 1. The first kappa shape index (κ1) is 12.5. The van der Waals surface area contributed by atoms with E-state index in [1.165, 1.54) is 12.1 Å². The number of halogens is 2. The molecule has 1 unspecified atom stereocenters. The first-order valence-electron chi connectivity index (χ1n) is 4.61. The van der Waals surface area contributed by atoms with Gasteiger partial charge in [0, 0.05) is 0 Å². The van der Waals surface area contributed by atoms with Crippen molar-refractivity contribution in [3.05, 3.63) is 34.6 Å². The van der Waals surface area contributed by atoms with Gasteiger partial charge in [0.1, 0.15) is 5.82 Å². The lowest BCUT2D eigenvalue weighted by molar-refractivity contribution is -0.143. The molecule has 0 aliphatic carbocycles. The van der Waals surface area contributed by atoms with E-state index in [2.05, 4.69) is 0 Å². The van der Waals surface area contributed by atoms with Crippen LogP contribution in [0, 0.1) is 17.1 Å². The van der Waals surface area contributed by atoms with Gasteiger partial charge in [0.25, 0.3) is 0 Å². The van der Waals surface area contributed by atoms with Gasteiger partial charge in [-0.15, -0.1) is 0 Å². The molecule has 0 aliphatic rings. The van der Waals surface area contributed by atoms with Gasteiger partial charge < -0.3 is 4.74 Å². The molecule has 0 spiro atoms. The predicted molar refractivity (Wildman–Crippen MR) is 56.4 cm³/mol. The summed E-state index contributed by atoms with van der Waals surface area (Å²) in [5.41, 5.74) is 0.326. The number of rotatable bonds is 3. The average Bonchev–Trinajstić information content (AvgIpc) is 2.25. The largest absolute Gasteiger partial charge is 0.465 e. The van der Waals surface area contributed by atoms with Crippen LogP contribution in [0.15, 0.2) is 18.2 Å². The van der Waals surface area contributed by atoms with Crippen molar-refractivity contribution in [2.24, 2.45) is 0 Å². The number of benzene rings is 1. The van der Waals surface area contributed by atoms with Gasteiger partial charge in [0.15, 0.2) is 5.92 Å². The minimum Gasteiger partial charge on any atom is -0.465 e. The zero-order valence-electron chi connectivity index (χ0n) is 8.54. The van der Waals surface area contributed by atoms with Crippen LogP contribution in [0.3, 0.4) is 0 Å². The molecule has 3 nitrogen and oxygen atoms in total. The van der Waals surface area contributed by atoms with Crippen LogP contribution in [-0.2, 0) is 9.53 Å². The Morgan fingerprint density at radius 2 is 2.38 bits per heavy atom. The minimum absolute atomic E-state index is 0.123. The second-order valence-electron chi connectivity index (χ2n) is 2.99. The highest BCUT2D eigenvalue weighted by Gasteiger charge is 2.22. The highest BCUT2D eigenvalue weighted by molar-refractivity contribution is 6.30. The van der Waals surface area contributed by atoms with E-state index in [9.17, 15) is 9.18 Å². The fourth-order valence-corrected chi connectivity index (χ4v) is 1.37. The number of esters is 1. The summed E-state index contributed by atoms with van der Waals surface area (Å²) in [6.45, 7) is 1.83. The molecule has 0 saturated carbocycles. The third kappa shape index (κ3) is 2.71. The van der Waals surface area contributed by atoms with E-state index in [-0.39, 0.29) is 11.6 Å². The predicted octanol–water partition coefficient (Wildman–Crippen LogP) is 2.65. The van der Waals surface area contributed by atoms with Crippen molar-refractivity contribution in [2.75, 3.05) is 6.61 Å². The zero-order valence-corrected chi connectivity index (χ0v) is 9.29. The smallest absolute Gasteiger partial charge is 0.327 e. The molecule has 0 saturated heterocycles. The summed E-state index contributed by atoms with van der Waals surface area (Å²) in [6.07, 6.45) is 0. The Morgan fingerprint density at radius 3 is 2.88 bits per heavy atom. The molecule has 1 aromatic carbocycles. The molecule has 0 aromatic heterocycles. The summed E-state index contributed by atoms with van der Waals surface area (Å²) in [6, 6.07) is 5.50. The molecule has 0 heterocycles. The third-order valence-electron chi connectivity index (χ3n) is 1.93. The van der Waals surface area contributed by atoms with Crippen LogP contribution in [0.2, 0.25) is 5.02 Å². The maximum atomic E-state index is 12.9. The number of carbonyl (C=O) groups is 1. The lowest BCUT2D eigenvalue weighted by Crippen LogP contribution is -2.14. The van der Waals surface area contributed by atoms with Gasteiger partial charge in [0.05, 0.1) is 17.7 Å². The topological polar surface area (TPSA) is 50.1 Å². The molecule has 1 rings (SSSR count). The first-order valence-corrected chi connectivity index (χ1v) is 4.99. The molecule has 0 N–H and O–H groups in total. The normalized spacial score (nSPS) is 11.6. The van der Waals surface area contributed by atoms with Crippen molar-refractivity contribution < 1.29 is 13.9 Å². The van der Waals surface area contributed by atoms with Crippen molar-refractivity contribution in [3.63, 3.8) is 0 Å². The Kier molecular flexibility index (Phi) is 4.27. The van der Waals surface area contributed by atoms with Crippen LogP contribution in [0.5, 0.6) is 0 Å². The molecule has 0 fully saturated rings. The van der Waals surface area contributed by atoms with Crippen LogP contribution in [-0.4, -0.2) is 12.6 Å². The first-order chi connectivity index (χ1) is 7.60. The summed E-state index contributed by atoms with van der Waals surface area (Å²) in [4.78, 5) is 11.4. The lowest BCUT2D eigenvalue weighted by Gasteiger charge is -2.08. The number of carbonyl (C=O) groups excluding carboxylic acids is 1. The van der Waals surface area contributed by atoms with E-state index < -0.39 is 17.7 Å². The molecule has 84 valence electrons. The van der Waals surface area contributed by atoms with Crippen LogP contribution < -0.4 is 0 Å². The fraction of sp³-hybridized carbons (Fsp3) is 0.273. The molecule has 16 heavy (non-hydrogen) atoms. The second kappa shape index (κ2) is 5.47. The lowest BCUT2D eigenvalue weighted by atomic mass is 10.0. The summed E-state index contributed by atoms with van der Waals surface area (Å²) in [7, 11) is 0. The zero-order chi connectivity index (χ0) is 12.1. The quantitative estimate of drug-likeness (QED) is 0.765. The number of hydrogen-bond donors (Lipinski definition) is 0. The van der Waals surface area contributed by atoms with Crippen molar-refractivity contribution in [3.8, 4) is 6.07 Å². The highest BCUT2D eigenvalue weighted by Crippen LogP contribution is 2.22. The van der Waals surface area contributed by atoms with E-state index in [4.69, 9.17) is 21.6 Å². The van der Waals surface area contributed by atoms with Gasteiger partial charge in [0.2, 0.25) is 0 Å². The Bertz CT molecular complexity index is 442. The fourth-order valence-electron chi connectivity index (χ4n) is 1.18. The molecule has 1 aromatic rings. The second-order valence-corrected chi connectivity index (χ2v) is 3.39. The van der Waals surface area contributed by atoms with Crippen LogP contribution in [0.1, 0.15) is 18.4 Å². The van der Waals surface area contributed by atoms with E-state index in [1.807, 2.05) is 0 Å². The van der Waals surface area contributed by atoms with E-state index in [0.717, 1.165) is 6.07 Å². The molecule has 0 bridgehead atoms. The number of nitrogens with zero attached hydrogens (tertiary/aromatic N) is 1. The molecular formula is C11H9ClFNO2. The summed E-state index contributed by atoms with van der Waals surface area (Å²) < 4.78 is 17.6. The van der Waals surface area contributed by atoms with Crippen molar-refractivity contribution >= 4 is 17.6 Å². The highest BCUT2D eigenvalue weighted by atomic mass is 35.5. The van der Waals surface area contributed by atoms with Gasteiger partial charge in [-0.1, -0.05) is 17.7 Å². The monoisotopic (exact) mass is 241 g/mol. The molecule has 5 heteroatoms. The van der Waals surface area contributed by atoms with Crippen LogP contribution in [0.25, 0.3) is 0 Å². The van der Waals surface area contributed by atoms with Crippen molar-refractivity contribution in [1.82, 2.24) is 0 Å². The Hall–Kier alpha value is -1.60. The average molecular weight is 242 g/mol. The third-order valence-corrected chi connectivity index (χ3v) is 2.22. The van der Waals surface area contributed by atoms with Crippen molar-refractivity contribution in [1.29, 1.82) is 5.26 Å². The summed E-state index contributed by atoms with van der Waals surface area (Å²) in [5, 5.41) is 8.73. The van der Waals surface area contributed by atoms with Gasteiger partial charge in [-0.2, -0.15) is 5.26 Å². The van der Waals surface area contributed by atoms with Crippen molar-refractivity contribution in [2.45, 2.75) is 12.8 Å². The van der Waals surface area contributed by atoms with E-state index >= 15 is 0 Å². The van der Waals surface area contributed by atoms with Crippen LogP contribution in [0.4, 0.5) is 4.39 Å². The van der Waals surface area contributed by atoms with Gasteiger partial charge in [-0.05, 0) is 24.6 Å². The number of nitriles is 1. The molecule has 1 atom stereocenters. The Balaban J connectivity index is 3.01. The maximum absolute atomic E-state index is 12.9. The SMILES string of the molecule is CCOC(=O)C(C#N)c1ccc(F)c(Cl)c1. The standard InChI is InChI=1S/C11H9ClFNO2/c1-2-16-11(15)8(6-14)7-3-4-10(13)9(12)5-7/h3-5,8H,2H2,1H3. The molecular weight excluding hydrogens is 233 g/mol. The maximum Gasteiger partial charge on any atom is 0.327 e. The van der Waals surface area contributed by atoms with E-state index in [0.29, 0.717) is 5.56 Å². The summed E-state index contributed by atoms with van der Waals surface area (Å²) >= 11 is 5.56. The van der Waals surface area contributed by atoms with Gasteiger partial charge in [-0.25, -0.2) is 4.39 Å². The Morgan fingerprint density at radius 1 is 1.69 bits per heavy atom. The van der Waals surface area contributed by atoms with Gasteiger partial charge >= 0.3 is 5.97 Å². The van der Waals surface area contributed by atoms with Crippen LogP contribution >= 0.6 is 11.6 Å². The Labute approximate surface area is 97.4 Å². The molecule has 0 radical (unpaired) electrons. The molecule has 0 amide bonds. The molecule has 0 aliphatic heterocycles. The number of hydrogen-bond acceptors (Lipinski definition) is 3. The van der Waals surface area contributed by atoms with E-state index in [1.54, 1.807) is 13.0 Å². The summed E-state index contributed by atoms with van der Waals surface area (Å²) in [5.74, 6) is -2.32. The minimum atomic E-state index is -1.07.